The van der Waals surface area contributed by atoms with E-state index in [1.165, 1.54) is 54.8 Å². The third-order valence-electron chi connectivity index (χ3n) is 4.89. The molecule has 1 aromatic carbocycles. The number of guanidine groups is 1. The summed E-state index contributed by atoms with van der Waals surface area (Å²) in [5, 5.41) is 8.96. The van der Waals surface area contributed by atoms with E-state index in [1.54, 1.807) is 11.3 Å². The lowest BCUT2D eigenvalue weighted by Gasteiger charge is -2.22. The minimum absolute atomic E-state index is 0. The van der Waals surface area contributed by atoms with Crippen molar-refractivity contribution in [2.45, 2.75) is 45.3 Å². The Morgan fingerprint density at radius 2 is 1.67 bits per heavy atom. The van der Waals surface area contributed by atoms with Gasteiger partial charge in [-0.25, -0.2) is 0 Å². The van der Waals surface area contributed by atoms with Gasteiger partial charge in [0.2, 0.25) is 0 Å². The molecule has 0 amide bonds. The van der Waals surface area contributed by atoms with Gasteiger partial charge in [-0.1, -0.05) is 43.2 Å². The molecule has 1 aliphatic heterocycles. The number of thiophene rings is 1. The molecule has 6 heteroatoms. The second-order valence-corrected chi connectivity index (χ2v) is 7.85. The average molecular weight is 498 g/mol. The maximum Gasteiger partial charge on any atom is 0.191 e. The molecule has 1 aromatic heterocycles. The van der Waals surface area contributed by atoms with Crippen LogP contribution in [0.15, 0.2) is 46.8 Å². The highest BCUT2D eigenvalue weighted by molar-refractivity contribution is 14.0. The third-order valence-corrected chi connectivity index (χ3v) is 5.77. The van der Waals surface area contributed by atoms with Gasteiger partial charge in [0, 0.05) is 25.0 Å². The molecule has 0 aliphatic carbocycles. The number of likely N-dealkylation sites (tertiary alicyclic amines) is 1. The van der Waals surface area contributed by atoms with Crippen molar-refractivity contribution in [3.8, 4) is 0 Å². The van der Waals surface area contributed by atoms with Gasteiger partial charge in [0.15, 0.2) is 5.96 Å². The molecular formula is C21H31IN4S. The van der Waals surface area contributed by atoms with Crippen LogP contribution in [0, 0.1) is 0 Å². The number of benzene rings is 1. The van der Waals surface area contributed by atoms with Gasteiger partial charge < -0.3 is 10.6 Å². The highest BCUT2D eigenvalue weighted by atomic mass is 127. The predicted molar refractivity (Wildman–Crippen MR) is 127 cm³/mol. The normalized spacial score (nSPS) is 15.7. The summed E-state index contributed by atoms with van der Waals surface area (Å²) in [5.41, 5.74) is 2.78. The van der Waals surface area contributed by atoms with Crippen LogP contribution in [0.1, 0.15) is 41.7 Å². The van der Waals surface area contributed by atoms with Crippen molar-refractivity contribution in [3.63, 3.8) is 0 Å². The molecule has 1 fully saturated rings. The van der Waals surface area contributed by atoms with Crippen LogP contribution >= 0.6 is 35.3 Å². The first kappa shape index (κ1) is 22.2. The molecule has 3 rings (SSSR count). The number of hydrogen-bond acceptors (Lipinski definition) is 3. The van der Waals surface area contributed by atoms with Crippen LogP contribution in [0.4, 0.5) is 0 Å². The van der Waals surface area contributed by atoms with Crippen molar-refractivity contribution < 1.29 is 0 Å². The maximum absolute atomic E-state index is 4.35. The van der Waals surface area contributed by atoms with Crippen molar-refractivity contribution >= 4 is 41.3 Å². The number of rotatable bonds is 6. The first-order valence-electron chi connectivity index (χ1n) is 9.61. The Morgan fingerprint density at radius 1 is 0.963 bits per heavy atom. The van der Waals surface area contributed by atoms with Gasteiger partial charge in [-0.15, -0.1) is 35.3 Å². The fourth-order valence-corrected chi connectivity index (χ4v) is 4.05. The Morgan fingerprint density at radius 3 is 2.33 bits per heavy atom. The Hall–Kier alpha value is -1.12. The van der Waals surface area contributed by atoms with Crippen molar-refractivity contribution in [2.24, 2.45) is 4.99 Å². The lowest BCUT2D eigenvalue weighted by Crippen LogP contribution is -2.36. The zero-order valence-electron chi connectivity index (χ0n) is 16.1. The standard InChI is InChI=1S/C21H30N4S.HI/c1-22-21(24-16-20-11-8-14-26-20)23-15-18-9-4-5-10-19(18)17-25-12-6-2-3-7-13-25;/h4-5,8-11,14H,2-3,6-7,12-13,15-17H2,1H3,(H2,22,23,24);1H. The molecule has 2 N–H and O–H groups in total. The third kappa shape index (κ3) is 7.43. The van der Waals surface area contributed by atoms with Gasteiger partial charge in [0.05, 0.1) is 6.54 Å². The fraction of sp³-hybridized carbons (Fsp3) is 0.476. The highest BCUT2D eigenvalue weighted by Gasteiger charge is 2.11. The van der Waals surface area contributed by atoms with E-state index in [0.717, 1.165) is 25.6 Å². The first-order chi connectivity index (χ1) is 12.8. The SMILES string of the molecule is CN=C(NCc1cccs1)NCc1ccccc1CN1CCCCCC1.I. The lowest BCUT2D eigenvalue weighted by atomic mass is 10.1. The summed E-state index contributed by atoms with van der Waals surface area (Å²) in [6.45, 7) is 5.12. The summed E-state index contributed by atoms with van der Waals surface area (Å²) < 4.78 is 0. The topological polar surface area (TPSA) is 39.7 Å². The van der Waals surface area contributed by atoms with Gasteiger partial charge in [-0.05, 0) is 48.5 Å². The van der Waals surface area contributed by atoms with E-state index >= 15 is 0 Å². The minimum atomic E-state index is 0. The van der Waals surface area contributed by atoms with Crippen molar-refractivity contribution in [1.29, 1.82) is 0 Å². The molecule has 1 saturated heterocycles. The number of nitrogens with one attached hydrogen (secondary N) is 2. The van der Waals surface area contributed by atoms with E-state index in [1.807, 2.05) is 7.05 Å². The first-order valence-corrected chi connectivity index (χ1v) is 10.5. The van der Waals surface area contributed by atoms with E-state index in [4.69, 9.17) is 0 Å². The van der Waals surface area contributed by atoms with Crippen LogP contribution in [0.2, 0.25) is 0 Å². The number of aliphatic imine (C=N–C) groups is 1. The quantitative estimate of drug-likeness (QED) is 0.347. The van der Waals surface area contributed by atoms with Gasteiger partial charge in [-0.3, -0.25) is 9.89 Å². The number of nitrogens with zero attached hydrogens (tertiary/aromatic N) is 2. The largest absolute Gasteiger partial charge is 0.352 e. The second kappa shape index (κ2) is 12.4. The van der Waals surface area contributed by atoms with E-state index in [2.05, 4.69) is 62.3 Å². The Balaban J connectivity index is 0.00000261. The van der Waals surface area contributed by atoms with Crippen LogP contribution in [0.3, 0.4) is 0 Å². The molecule has 148 valence electrons. The van der Waals surface area contributed by atoms with Crippen LogP contribution in [0.25, 0.3) is 0 Å². The van der Waals surface area contributed by atoms with Crippen LogP contribution in [-0.2, 0) is 19.6 Å². The summed E-state index contributed by atoms with van der Waals surface area (Å²) in [4.78, 5) is 8.27. The molecule has 0 bridgehead atoms. The van der Waals surface area contributed by atoms with Crippen molar-refractivity contribution in [1.82, 2.24) is 15.5 Å². The van der Waals surface area contributed by atoms with Crippen molar-refractivity contribution in [2.75, 3.05) is 20.1 Å². The van der Waals surface area contributed by atoms with Crippen LogP contribution in [0.5, 0.6) is 0 Å². The summed E-state index contributed by atoms with van der Waals surface area (Å²) in [6, 6.07) is 13.0. The van der Waals surface area contributed by atoms with E-state index in [0.29, 0.717) is 0 Å². The second-order valence-electron chi connectivity index (χ2n) is 6.82. The predicted octanol–water partition coefficient (Wildman–Crippen LogP) is 4.61. The van der Waals surface area contributed by atoms with Gasteiger partial charge in [0.1, 0.15) is 0 Å². The number of halogens is 1. The molecule has 0 unspecified atom stereocenters. The molecule has 2 aromatic rings. The van der Waals surface area contributed by atoms with E-state index in [-0.39, 0.29) is 24.0 Å². The summed E-state index contributed by atoms with van der Waals surface area (Å²) >= 11 is 1.76. The van der Waals surface area contributed by atoms with E-state index < -0.39 is 0 Å². The highest BCUT2D eigenvalue weighted by Crippen LogP contribution is 2.16. The Bertz CT molecular complexity index is 679. The molecule has 0 atom stereocenters. The summed E-state index contributed by atoms with van der Waals surface area (Å²) in [6.07, 6.45) is 5.43. The molecule has 0 saturated carbocycles. The zero-order valence-corrected chi connectivity index (χ0v) is 19.3. The molecule has 0 spiro atoms. The zero-order chi connectivity index (χ0) is 18.0. The fourth-order valence-electron chi connectivity index (χ4n) is 3.40. The Kier molecular flexibility index (Phi) is 10.2. The van der Waals surface area contributed by atoms with Crippen LogP contribution < -0.4 is 10.6 Å². The molecule has 2 heterocycles. The molecular weight excluding hydrogens is 467 g/mol. The summed E-state index contributed by atoms with van der Waals surface area (Å²) in [5.74, 6) is 0.850. The molecule has 0 radical (unpaired) electrons. The van der Waals surface area contributed by atoms with Gasteiger partial charge >= 0.3 is 0 Å². The van der Waals surface area contributed by atoms with Gasteiger partial charge in [0.25, 0.3) is 0 Å². The smallest absolute Gasteiger partial charge is 0.191 e. The molecule has 27 heavy (non-hydrogen) atoms. The monoisotopic (exact) mass is 498 g/mol. The van der Waals surface area contributed by atoms with E-state index in [9.17, 15) is 0 Å². The maximum atomic E-state index is 4.35. The lowest BCUT2D eigenvalue weighted by molar-refractivity contribution is 0.276. The van der Waals surface area contributed by atoms with Gasteiger partial charge in [-0.2, -0.15) is 0 Å². The molecule has 4 nitrogen and oxygen atoms in total. The summed E-state index contributed by atoms with van der Waals surface area (Å²) in [7, 11) is 1.83. The van der Waals surface area contributed by atoms with Crippen LogP contribution in [-0.4, -0.2) is 31.0 Å². The average Bonchev–Trinajstić information content (AvgIpc) is 3.06. The minimum Gasteiger partial charge on any atom is -0.352 e. The molecule has 1 aliphatic rings. The van der Waals surface area contributed by atoms with Crippen molar-refractivity contribution in [3.05, 3.63) is 57.8 Å². The number of hydrogen-bond donors (Lipinski definition) is 2. The Labute approximate surface area is 184 Å².